The Hall–Kier alpha value is -3.36. The first-order valence-electron chi connectivity index (χ1n) is 11.8. The Kier molecular flexibility index (Phi) is 7.66. The van der Waals surface area contributed by atoms with Crippen molar-refractivity contribution in [2.45, 2.75) is 58.3 Å². The number of hydrogen-bond acceptors (Lipinski definition) is 6. The first-order chi connectivity index (χ1) is 17.1. The van der Waals surface area contributed by atoms with E-state index in [9.17, 15) is 14.3 Å². The molecule has 0 fully saturated rings. The molecular weight excluding hydrogens is 477 g/mol. The van der Waals surface area contributed by atoms with Crippen molar-refractivity contribution in [3.63, 3.8) is 0 Å². The number of thiazole rings is 1. The number of fused-ring (bicyclic) bond motifs is 1. The van der Waals surface area contributed by atoms with Gasteiger partial charge in [-0.05, 0) is 56.7 Å². The molecule has 0 unspecified atom stereocenters. The summed E-state index contributed by atoms with van der Waals surface area (Å²) in [5, 5.41) is 16.4. The fourth-order valence-corrected chi connectivity index (χ4v) is 4.80. The van der Waals surface area contributed by atoms with Gasteiger partial charge in [0.05, 0.1) is 22.0 Å². The van der Waals surface area contributed by atoms with Crippen molar-refractivity contribution in [3.05, 3.63) is 83.0 Å². The van der Waals surface area contributed by atoms with Crippen molar-refractivity contribution in [3.8, 4) is 10.4 Å². The molecule has 2 aromatic carbocycles. The van der Waals surface area contributed by atoms with Gasteiger partial charge in [0.15, 0.2) is 0 Å². The van der Waals surface area contributed by atoms with Crippen molar-refractivity contribution < 1.29 is 19.0 Å². The zero-order chi connectivity index (χ0) is 25.9. The summed E-state index contributed by atoms with van der Waals surface area (Å²) in [6.45, 7) is 7.38. The molecule has 2 atom stereocenters. The van der Waals surface area contributed by atoms with E-state index in [1.807, 2.05) is 49.4 Å². The van der Waals surface area contributed by atoms with Crippen molar-refractivity contribution in [1.82, 2.24) is 15.3 Å². The van der Waals surface area contributed by atoms with Gasteiger partial charge < -0.3 is 15.2 Å². The minimum absolute atomic E-state index is 0.468. The van der Waals surface area contributed by atoms with Gasteiger partial charge in [-0.2, -0.15) is 4.39 Å². The summed E-state index contributed by atoms with van der Waals surface area (Å²) in [5.74, 6) is -0.514. The quantitative estimate of drug-likeness (QED) is 0.284. The number of carbonyl (C=O) groups is 1. The summed E-state index contributed by atoms with van der Waals surface area (Å²) >= 11 is 1.53. The van der Waals surface area contributed by atoms with Crippen LogP contribution in [0.5, 0.6) is 0 Å². The van der Waals surface area contributed by atoms with Crippen LogP contribution in [0.3, 0.4) is 0 Å². The van der Waals surface area contributed by atoms with E-state index in [2.05, 4.69) is 15.3 Å². The van der Waals surface area contributed by atoms with Crippen LogP contribution in [-0.2, 0) is 11.2 Å². The van der Waals surface area contributed by atoms with Crippen LogP contribution < -0.4 is 5.32 Å². The lowest BCUT2D eigenvalue weighted by Gasteiger charge is -2.27. The van der Waals surface area contributed by atoms with Gasteiger partial charge >= 0.3 is 6.09 Å². The van der Waals surface area contributed by atoms with Crippen molar-refractivity contribution in [2.75, 3.05) is 0 Å². The molecule has 0 aliphatic heterocycles. The standard InChI is InChI=1S/C28H30FN3O3S/c1-17-5-7-18(8-6-17)26(33)22(32-27(34)35-28(2,3)4)11-12-25-31-16-23(36-25)19-9-10-20-15-30-24(29)14-21(20)13-19/h5-10,13-16,22,26,33H,11-12H2,1-4H3,(H,32,34)/t22-,26+/m1/s1. The second-order valence-corrected chi connectivity index (χ2v) is 10.9. The van der Waals surface area contributed by atoms with E-state index in [0.29, 0.717) is 12.8 Å². The number of aromatic nitrogens is 2. The second kappa shape index (κ2) is 10.7. The molecule has 0 bridgehead atoms. The maximum Gasteiger partial charge on any atom is 0.407 e. The lowest BCUT2D eigenvalue weighted by Crippen LogP contribution is -2.42. The van der Waals surface area contributed by atoms with Gasteiger partial charge in [-0.25, -0.2) is 14.8 Å². The van der Waals surface area contributed by atoms with Crippen LogP contribution in [0.25, 0.3) is 21.2 Å². The Morgan fingerprint density at radius 1 is 1.08 bits per heavy atom. The molecule has 36 heavy (non-hydrogen) atoms. The normalized spacial score (nSPS) is 13.4. The van der Waals surface area contributed by atoms with E-state index in [0.717, 1.165) is 37.3 Å². The van der Waals surface area contributed by atoms with E-state index >= 15 is 0 Å². The van der Waals surface area contributed by atoms with Crippen LogP contribution in [-0.4, -0.2) is 32.8 Å². The van der Waals surface area contributed by atoms with Crippen LogP contribution >= 0.6 is 11.3 Å². The van der Waals surface area contributed by atoms with E-state index in [4.69, 9.17) is 4.74 Å². The Balaban J connectivity index is 1.50. The highest BCUT2D eigenvalue weighted by Gasteiger charge is 2.26. The molecule has 0 saturated heterocycles. The van der Waals surface area contributed by atoms with Gasteiger partial charge in [-0.3, -0.25) is 0 Å². The van der Waals surface area contributed by atoms with Gasteiger partial charge in [0, 0.05) is 30.3 Å². The molecule has 188 valence electrons. The fraction of sp³-hybridized carbons (Fsp3) is 0.321. The topological polar surface area (TPSA) is 84.3 Å². The summed E-state index contributed by atoms with van der Waals surface area (Å²) in [6.07, 6.45) is 2.86. The van der Waals surface area contributed by atoms with Gasteiger partial charge in [0.25, 0.3) is 0 Å². The number of halogens is 1. The summed E-state index contributed by atoms with van der Waals surface area (Å²) in [7, 11) is 0. The van der Waals surface area contributed by atoms with E-state index in [1.54, 1.807) is 27.0 Å². The maximum absolute atomic E-state index is 13.6. The number of alkyl carbamates (subject to hydrolysis) is 1. The molecule has 2 N–H and O–H groups in total. The molecular formula is C28H30FN3O3S. The summed E-state index contributed by atoms with van der Waals surface area (Å²) in [4.78, 5) is 21.7. The summed E-state index contributed by atoms with van der Waals surface area (Å²) < 4.78 is 19.0. The molecule has 0 aliphatic carbocycles. The van der Waals surface area contributed by atoms with Gasteiger partial charge in [0.1, 0.15) is 5.60 Å². The number of ether oxygens (including phenoxy) is 1. The van der Waals surface area contributed by atoms with Crippen molar-refractivity contribution in [1.29, 1.82) is 0 Å². The Morgan fingerprint density at radius 3 is 2.56 bits per heavy atom. The number of rotatable bonds is 7. The third kappa shape index (κ3) is 6.65. The summed E-state index contributed by atoms with van der Waals surface area (Å²) in [5.41, 5.74) is 2.11. The number of hydrogen-bond donors (Lipinski definition) is 2. The maximum atomic E-state index is 13.6. The van der Waals surface area contributed by atoms with Crippen molar-refractivity contribution >= 4 is 28.2 Å². The minimum atomic E-state index is -0.901. The molecule has 0 spiro atoms. The van der Waals surface area contributed by atoms with Crippen LogP contribution in [0.1, 0.15) is 49.4 Å². The second-order valence-electron chi connectivity index (χ2n) is 9.83. The predicted molar refractivity (Wildman–Crippen MR) is 140 cm³/mol. The van der Waals surface area contributed by atoms with Gasteiger partial charge in [-0.1, -0.05) is 42.0 Å². The molecule has 0 aliphatic rings. The number of carbonyl (C=O) groups excluding carboxylic acids is 1. The Labute approximate surface area is 214 Å². The van der Waals surface area contributed by atoms with Crippen LogP contribution in [0.2, 0.25) is 0 Å². The molecule has 2 heterocycles. The molecule has 0 saturated carbocycles. The monoisotopic (exact) mass is 507 g/mol. The number of nitrogens with one attached hydrogen (secondary N) is 1. The fourth-order valence-electron chi connectivity index (χ4n) is 3.87. The first kappa shape index (κ1) is 25.7. The van der Waals surface area contributed by atoms with E-state index < -0.39 is 29.8 Å². The molecule has 0 radical (unpaired) electrons. The zero-order valence-corrected chi connectivity index (χ0v) is 21.6. The number of amides is 1. The summed E-state index contributed by atoms with van der Waals surface area (Å²) in [6, 6.07) is 14.2. The molecule has 6 nitrogen and oxygen atoms in total. The van der Waals surface area contributed by atoms with Crippen LogP contribution in [0.4, 0.5) is 9.18 Å². The highest BCUT2D eigenvalue weighted by Crippen LogP contribution is 2.30. The van der Waals surface area contributed by atoms with E-state index in [-0.39, 0.29) is 0 Å². The highest BCUT2D eigenvalue weighted by molar-refractivity contribution is 7.15. The number of aryl methyl sites for hydroxylation is 2. The first-order valence-corrected chi connectivity index (χ1v) is 12.6. The number of nitrogens with zero attached hydrogens (tertiary/aromatic N) is 2. The SMILES string of the molecule is Cc1ccc([C@H](O)[C@@H](CCc2ncc(-c3ccc4cnc(F)cc4c3)s2)NC(=O)OC(C)(C)C)cc1. The lowest BCUT2D eigenvalue weighted by atomic mass is 9.98. The third-order valence-electron chi connectivity index (χ3n) is 5.70. The number of aliphatic hydroxyl groups excluding tert-OH is 1. The molecule has 4 rings (SSSR count). The number of benzene rings is 2. The largest absolute Gasteiger partial charge is 0.444 e. The smallest absolute Gasteiger partial charge is 0.407 e. The molecule has 8 heteroatoms. The minimum Gasteiger partial charge on any atom is -0.444 e. The average molecular weight is 508 g/mol. The van der Waals surface area contributed by atoms with Gasteiger partial charge in [-0.15, -0.1) is 11.3 Å². The number of aliphatic hydroxyl groups is 1. The molecule has 1 amide bonds. The Bertz CT molecular complexity index is 1350. The highest BCUT2D eigenvalue weighted by atomic mass is 32.1. The third-order valence-corrected chi connectivity index (χ3v) is 6.80. The molecule has 4 aromatic rings. The van der Waals surface area contributed by atoms with Crippen LogP contribution in [0, 0.1) is 12.9 Å². The van der Waals surface area contributed by atoms with E-state index in [1.165, 1.54) is 23.6 Å². The zero-order valence-electron chi connectivity index (χ0n) is 20.8. The average Bonchev–Trinajstić information content (AvgIpc) is 3.29. The van der Waals surface area contributed by atoms with Crippen LogP contribution in [0.15, 0.2) is 60.9 Å². The van der Waals surface area contributed by atoms with Gasteiger partial charge in [0.2, 0.25) is 5.95 Å². The Morgan fingerprint density at radius 2 is 1.83 bits per heavy atom. The predicted octanol–water partition coefficient (Wildman–Crippen LogP) is 6.37. The van der Waals surface area contributed by atoms with Crippen molar-refractivity contribution in [2.24, 2.45) is 0 Å². The number of pyridine rings is 1. The molecule has 2 aromatic heterocycles. The lowest BCUT2D eigenvalue weighted by molar-refractivity contribution is 0.0413.